The van der Waals surface area contributed by atoms with E-state index in [0.29, 0.717) is 11.4 Å². The molecule has 0 unspecified atom stereocenters. The molecule has 2 aromatic carbocycles. The highest BCUT2D eigenvalue weighted by Gasteiger charge is 2.38. The van der Waals surface area contributed by atoms with Crippen LogP contribution in [0.2, 0.25) is 5.02 Å². The fourth-order valence-corrected chi connectivity index (χ4v) is 4.44. The zero-order valence-corrected chi connectivity index (χ0v) is 15.6. The lowest BCUT2D eigenvalue weighted by atomic mass is 10.2. The molecule has 138 valence electrons. The van der Waals surface area contributed by atoms with Crippen LogP contribution in [0.5, 0.6) is 11.5 Å². The molecule has 1 aliphatic rings. The van der Waals surface area contributed by atoms with Gasteiger partial charge < -0.3 is 14.2 Å². The maximum Gasteiger partial charge on any atom is 0.348 e. The zero-order valence-electron chi connectivity index (χ0n) is 14.0. The number of esters is 1. The van der Waals surface area contributed by atoms with Crippen molar-refractivity contribution in [2.75, 3.05) is 25.1 Å². The summed E-state index contributed by atoms with van der Waals surface area (Å²) in [4.78, 5) is 11.9. The molecule has 0 bridgehead atoms. The summed E-state index contributed by atoms with van der Waals surface area (Å²) in [5.41, 5.74) is 0.333. The number of fused-ring (bicyclic) bond motifs is 1. The molecule has 0 aliphatic carbocycles. The molecule has 9 heteroatoms. The van der Waals surface area contributed by atoms with Gasteiger partial charge >= 0.3 is 5.97 Å². The van der Waals surface area contributed by atoms with Gasteiger partial charge in [0.1, 0.15) is 11.5 Å². The Morgan fingerprint density at radius 3 is 2.62 bits per heavy atom. The molecule has 1 aliphatic heterocycles. The summed E-state index contributed by atoms with van der Waals surface area (Å²) in [6, 6.07) is 10.7. The van der Waals surface area contributed by atoms with Gasteiger partial charge in [0, 0.05) is 0 Å². The molecule has 0 saturated carbocycles. The van der Waals surface area contributed by atoms with Crippen molar-refractivity contribution in [2.24, 2.45) is 0 Å². The Morgan fingerprint density at radius 1 is 1.23 bits per heavy atom. The second kappa shape index (κ2) is 7.05. The number of hydrogen-bond acceptors (Lipinski definition) is 6. The molecule has 0 spiro atoms. The molecule has 0 amide bonds. The molecule has 2 aromatic rings. The van der Waals surface area contributed by atoms with Gasteiger partial charge in [-0.05, 0) is 30.3 Å². The van der Waals surface area contributed by atoms with Crippen molar-refractivity contribution in [1.82, 2.24) is 0 Å². The van der Waals surface area contributed by atoms with Gasteiger partial charge in [-0.3, -0.25) is 4.31 Å². The molecule has 7 nitrogen and oxygen atoms in total. The van der Waals surface area contributed by atoms with Crippen LogP contribution in [0, 0.1) is 0 Å². The summed E-state index contributed by atoms with van der Waals surface area (Å²) >= 11 is 6.07. The van der Waals surface area contributed by atoms with Gasteiger partial charge in [0.15, 0.2) is 0 Å². The van der Waals surface area contributed by atoms with Crippen LogP contribution in [0.25, 0.3) is 0 Å². The summed E-state index contributed by atoms with van der Waals surface area (Å²) in [5, 5.41) is 0.166. The highest BCUT2D eigenvalue weighted by molar-refractivity contribution is 7.92. The number of sulfonamides is 1. The Bertz CT molecular complexity index is 946. The molecule has 0 saturated heterocycles. The number of halogens is 1. The fraction of sp³-hybridized carbons (Fsp3) is 0.235. The van der Waals surface area contributed by atoms with Crippen molar-refractivity contribution in [3.63, 3.8) is 0 Å². The molecule has 0 radical (unpaired) electrons. The summed E-state index contributed by atoms with van der Waals surface area (Å²) < 4.78 is 42.8. The van der Waals surface area contributed by atoms with Crippen LogP contribution >= 0.6 is 11.6 Å². The summed E-state index contributed by atoms with van der Waals surface area (Å²) in [7, 11) is -1.34. The van der Waals surface area contributed by atoms with Crippen molar-refractivity contribution in [3.05, 3.63) is 47.5 Å². The minimum absolute atomic E-state index is 0.0244. The van der Waals surface area contributed by atoms with Crippen molar-refractivity contribution in [3.8, 4) is 11.5 Å². The van der Waals surface area contributed by atoms with Crippen LogP contribution < -0.4 is 13.8 Å². The average Bonchev–Trinajstić information content (AvgIpc) is 2.66. The third kappa shape index (κ3) is 3.17. The average molecular weight is 398 g/mol. The molecular formula is C17H16ClNO6S. The van der Waals surface area contributed by atoms with Gasteiger partial charge in [-0.1, -0.05) is 23.7 Å². The number of methoxy groups -OCH3 is 2. The summed E-state index contributed by atoms with van der Waals surface area (Å²) in [6.45, 7) is -0.213. The number of hydrogen-bond donors (Lipinski definition) is 0. The van der Waals surface area contributed by atoms with Gasteiger partial charge in [-0.15, -0.1) is 0 Å². The maximum atomic E-state index is 13.2. The van der Waals surface area contributed by atoms with Crippen molar-refractivity contribution in [2.45, 2.75) is 11.0 Å². The number of benzene rings is 2. The van der Waals surface area contributed by atoms with Crippen molar-refractivity contribution >= 4 is 33.3 Å². The van der Waals surface area contributed by atoms with Gasteiger partial charge in [-0.25, -0.2) is 13.2 Å². The van der Waals surface area contributed by atoms with E-state index in [1.807, 2.05) is 0 Å². The zero-order chi connectivity index (χ0) is 18.9. The third-order valence-electron chi connectivity index (χ3n) is 3.91. The molecule has 0 aromatic heterocycles. The van der Waals surface area contributed by atoms with Crippen molar-refractivity contribution in [1.29, 1.82) is 0 Å². The molecule has 1 heterocycles. The van der Waals surface area contributed by atoms with E-state index in [2.05, 4.69) is 0 Å². The SMILES string of the molecule is COC(=O)[C@@H]1CN(S(=O)(=O)c2ccc(OC)c(Cl)c2)c2ccccc2O1. The standard InChI is InChI=1S/C17H16ClNO6S/c1-23-14-8-7-11(9-12(14)18)26(21,22)19-10-16(17(20)24-2)25-15-6-4-3-5-13(15)19/h3-9,16H,10H2,1-2H3/t16-/m0/s1. The molecule has 0 fully saturated rings. The minimum atomic E-state index is -3.99. The third-order valence-corrected chi connectivity index (χ3v) is 5.98. The topological polar surface area (TPSA) is 82.1 Å². The summed E-state index contributed by atoms with van der Waals surface area (Å²) in [6.07, 6.45) is -1.07. The number of para-hydroxylation sites is 2. The number of ether oxygens (including phenoxy) is 3. The predicted octanol–water partition coefficient (Wildman–Crippen LogP) is 2.48. The predicted molar refractivity (Wildman–Crippen MR) is 95.4 cm³/mol. The lowest BCUT2D eigenvalue weighted by Crippen LogP contribution is -2.47. The molecular weight excluding hydrogens is 382 g/mol. The number of anilines is 1. The highest BCUT2D eigenvalue weighted by Crippen LogP contribution is 2.38. The largest absolute Gasteiger partial charge is 0.495 e. The first kappa shape index (κ1) is 18.3. The number of rotatable bonds is 4. The van der Waals surface area contributed by atoms with Gasteiger partial charge in [0.2, 0.25) is 6.10 Å². The fourth-order valence-electron chi connectivity index (χ4n) is 2.62. The Morgan fingerprint density at radius 2 is 1.96 bits per heavy atom. The highest BCUT2D eigenvalue weighted by atomic mass is 35.5. The van der Waals surface area contributed by atoms with Gasteiger partial charge in [-0.2, -0.15) is 0 Å². The van der Waals surface area contributed by atoms with Gasteiger partial charge in [0.25, 0.3) is 10.0 Å². The number of carbonyl (C=O) groups is 1. The Balaban J connectivity index is 2.08. The van der Waals surface area contributed by atoms with E-state index in [1.54, 1.807) is 24.3 Å². The molecule has 1 atom stereocenters. The first-order valence-corrected chi connectivity index (χ1v) is 9.40. The number of carbonyl (C=O) groups excluding carboxylic acids is 1. The maximum absolute atomic E-state index is 13.2. The van der Waals surface area contributed by atoms with Crippen LogP contribution in [0.15, 0.2) is 47.4 Å². The van der Waals surface area contributed by atoms with E-state index in [-0.39, 0.29) is 22.2 Å². The lowest BCUT2D eigenvalue weighted by Gasteiger charge is -2.34. The molecule has 0 N–H and O–H groups in total. The van der Waals surface area contributed by atoms with Crippen LogP contribution in [0.4, 0.5) is 5.69 Å². The van der Waals surface area contributed by atoms with Crippen LogP contribution in [-0.4, -0.2) is 41.3 Å². The normalized spacial score (nSPS) is 16.4. The second-order valence-electron chi connectivity index (χ2n) is 5.43. The lowest BCUT2D eigenvalue weighted by molar-refractivity contribution is -0.148. The molecule has 3 rings (SSSR count). The Hall–Kier alpha value is -2.45. The Kier molecular flexibility index (Phi) is 4.97. The first-order valence-electron chi connectivity index (χ1n) is 7.58. The monoisotopic (exact) mass is 397 g/mol. The van der Waals surface area contributed by atoms with E-state index in [9.17, 15) is 13.2 Å². The van der Waals surface area contributed by atoms with Crippen LogP contribution in [-0.2, 0) is 19.6 Å². The minimum Gasteiger partial charge on any atom is -0.495 e. The van der Waals surface area contributed by atoms with Gasteiger partial charge in [0.05, 0.1) is 36.4 Å². The van der Waals surface area contributed by atoms with E-state index in [0.717, 1.165) is 4.31 Å². The van der Waals surface area contributed by atoms with Crippen molar-refractivity contribution < 1.29 is 27.4 Å². The van der Waals surface area contributed by atoms with E-state index >= 15 is 0 Å². The Labute approximate surface area is 156 Å². The van der Waals surface area contributed by atoms with Crippen LogP contribution in [0.1, 0.15) is 0 Å². The van der Waals surface area contributed by atoms with E-state index < -0.39 is 22.1 Å². The molecule has 26 heavy (non-hydrogen) atoms. The van der Waals surface area contributed by atoms with E-state index in [4.69, 9.17) is 25.8 Å². The number of nitrogens with zero attached hydrogens (tertiary/aromatic N) is 1. The second-order valence-corrected chi connectivity index (χ2v) is 7.70. The smallest absolute Gasteiger partial charge is 0.348 e. The quantitative estimate of drug-likeness (QED) is 0.737. The first-order chi connectivity index (χ1) is 12.4. The summed E-state index contributed by atoms with van der Waals surface area (Å²) in [5.74, 6) is -0.0229. The van der Waals surface area contributed by atoms with E-state index in [1.165, 1.54) is 32.4 Å². The van der Waals surface area contributed by atoms with Crippen LogP contribution in [0.3, 0.4) is 0 Å².